The van der Waals surface area contributed by atoms with Gasteiger partial charge in [-0.25, -0.2) is 0 Å². The number of rotatable bonds is 15. The standard InChI is InChI=1S/C102H71NO3P2/c104-107(85-48-26-42-78(64-85)72-30-8-1-9-31-72,86-49-27-43-79(65-86)73-32-10-2-11-33-73)89-58-62-101-97(70-89)95-68-82(93-54-24-22-52-91(93)76-38-16-5-17-39-76)56-60-99(95)103(84-46-20-7-21-47-84)100-61-57-83(94-55-25-23-53-92(94)77-40-18-6-19-41-77)69-96(100)98-71-90(59-63-102(98)106-101)108(105,87-50-28-44-80(66-87)74-34-12-3-13-35-74)88-51-29-45-81(67-88)75-36-14-4-15-37-75/h1-71H. The molecule has 4 nitrogen and oxygen atoms in total. The van der Waals surface area contributed by atoms with E-state index in [9.17, 15) is 0 Å². The largest absolute Gasteiger partial charge is 0.456 e. The highest BCUT2D eigenvalue weighted by Crippen LogP contribution is 2.56. The van der Waals surface area contributed by atoms with Crippen LogP contribution < -0.4 is 41.5 Å². The molecule has 0 radical (unpaired) electrons. The van der Waals surface area contributed by atoms with Crippen molar-refractivity contribution in [1.82, 2.24) is 0 Å². The van der Waals surface area contributed by atoms with Crippen LogP contribution in [0.1, 0.15) is 0 Å². The van der Waals surface area contributed by atoms with Crippen LogP contribution in [0.3, 0.4) is 0 Å². The van der Waals surface area contributed by atoms with Crippen molar-refractivity contribution in [2.45, 2.75) is 0 Å². The van der Waals surface area contributed by atoms with Crippen LogP contribution in [0.4, 0.5) is 17.1 Å². The summed E-state index contributed by atoms with van der Waals surface area (Å²) in [5, 5.41) is 4.01. The van der Waals surface area contributed by atoms with Crippen LogP contribution in [0.25, 0.3) is 111 Å². The van der Waals surface area contributed by atoms with Crippen LogP contribution in [0, 0.1) is 0 Å². The first-order chi connectivity index (χ1) is 53.3. The number of ether oxygens (including phenoxy) is 1. The maximum Gasteiger partial charge on any atom is 0.171 e. The molecule has 1 aliphatic heterocycles. The molecule has 0 fully saturated rings. The van der Waals surface area contributed by atoms with Gasteiger partial charge in [0.25, 0.3) is 0 Å². The summed E-state index contributed by atoms with van der Waals surface area (Å²) in [5.41, 5.74) is 22.0. The Bertz CT molecular complexity index is 5730. The molecule has 0 aliphatic carbocycles. The predicted molar refractivity (Wildman–Crippen MR) is 454 cm³/mol. The summed E-state index contributed by atoms with van der Waals surface area (Å²) in [6.45, 7) is 0. The van der Waals surface area contributed by atoms with E-state index in [2.05, 4.69) is 290 Å². The Hall–Kier alpha value is -13.2. The molecule has 1 aliphatic rings. The number of nitrogens with zero attached hydrogens (tertiary/aromatic N) is 1. The van der Waals surface area contributed by atoms with Crippen LogP contribution in [0.15, 0.2) is 431 Å². The molecule has 0 aromatic heterocycles. The van der Waals surface area contributed by atoms with Gasteiger partial charge in [0.15, 0.2) is 14.3 Å². The highest BCUT2D eigenvalue weighted by molar-refractivity contribution is 7.85. The summed E-state index contributed by atoms with van der Waals surface area (Å²) in [6.07, 6.45) is 0. The van der Waals surface area contributed by atoms with Crippen molar-refractivity contribution in [3.05, 3.63) is 431 Å². The van der Waals surface area contributed by atoms with Gasteiger partial charge in [-0.1, -0.05) is 334 Å². The van der Waals surface area contributed by atoms with Gasteiger partial charge in [0, 0.05) is 59.8 Å². The lowest BCUT2D eigenvalue weighted by Crippen LogP contribution is -2.26. The van der Waals surface area contributed by atoms with Crippen LogP contribution >= 0.6 is 14.3 Å². The van der Waals surface area contributed by atoms with Crippen LogP contribution in [0.2, 0.25) is 0 Å². The fourth-order valence-corrected chi connectivity index (χ4v) is 21.0. The molecule has 0 unspecified atom stereocenters. The number of fused-ring (bicyclic) bond motifs is 6. The van der Waals surface area contributed by atoms with Crippen molar-refractivity contribution in [3.63, 3.8) is 0 Å². The Kier molecular flexibility index (Phi) is 17.9. The molecule has 18 rings (SSSR count). The van der Waals surface area contributed by atoms with Gasteiger partial charge in [0.2, 0.25) is 0 Å². The molecule has 0 bridgehead atoms. The average molecular weight is 1420 g/mol. The van der Waals surface area contributed by atoms with E-state index in [0.717, 1.165) is 117 Å². The molecule has 512 valence electrons. The Morgan fingerprint density at radius 2 is 0.435 bits per heavy atom. The highest BCUT2D eigenvalue weighted by atomic mass is 31.2. The average Bonchev–Trinajstić information content (AvgIpc) is 0.737. The second-order valence-electron chi connectivity index (χ2n) is 27.3. The fraction of sp³-hybridized carbons (Fsp3) is 0. The number of benzene rings is 17. The normalized spacial score (nSPS) is 11.8. The molecule has 0 amide bonds. The zero-order valence-electron chi connectivity index (χ0n) is 59.1. The van der Waals surface area contributed by atoms with Crippen LogP contribution in [0.5, 0.6) is 11.5 Å². The number of hydrogen-bond donors (Lipinski definition) is 0. The first kappa shape index (κ1) is 66.7. The summed E-state index contributed by atoms with van der Waals surface area (Å²) in [7, 11) is -7.75. The molecule has 0 spiro atoms. The van der Waals surface area contributed by atoms with Crippen molar-refractivity contribution in [2.75, 3.05) is 4.90 Å². The molecule has 6 heteroatoms. The summed E-state index contributed by atoms with van der Waals surface area (Å²) < 4.78 is 43.8. The molecule has 0 saturated carbocycles. The fourth-order valence-electron chi connectivity index (χ4n) is 15.5. The van der Waals surface area contributed by atoms with E-state index in [1.807, 2.05) is 146 Å². The third-order valence-corrected chi connectivity index (χ3v) is 26.9. The maximum absolute atomic E-state index is 18.0. The minimum Gasteiger partial charge on any atom is -0.456 e. The van der Waals surface area contributed by atoms with Gasteiger partial charge in [0.05, 0.1) is 11.4 Å². The zero-order valence-corrected chi connectivity index (χ0v) is 60.8. The molecular formula is C102H71NO3P2. The Labute approximate surface area is 631 Å². The van der Waals surface area contributed by atoms with E-state index in [4.69, 9.17) is 4.74 Å². The van der Waals surface area contributed by atoms with E-state index in [1.165, 1.54) is 0 Å². The van der Waals surface area contributed by atoms with Gasteiger partial charge in [-0.15, -0.1) is 0 Å². The third-order valence-electron chi connectivity index (χ3n) is 20.9. The Morgan fingerprint density at radius 3 is 0.750 bits per heavy atom. The van der Waals surface area contributed by atoms with E-state index in [-0.39, 0.29) is 0 Å². The SMILES string of the molecule is O=P(c1cccc(-c2ccccc2)c1)(c1cccc(-c2ccccc2)c1)c1ccc2c(c1)-c1cc(-c3ccccc3-c3ccccc3)ccc1N(c1ccccc1)c1ccc(-c3ccccc3-c3ccccc3)cc1-c1cc(P(=O)(c3cccc(-c4ccccc4)c3)c3cccc(-c4ccccc4)c3)ccc1O2. The molecule has 108 heavy (non-hydrogen) atoms. The summed E-state index contributed by atoms with van der Waals surface area (Å²) in [5.74, 6) is 1.06. The summed E-state index contributed by atoms with van der Waals surface area (Å²) in [4.78, 5) is 2.38. The van der Waals surface area contributed by atoms with Gasteiger partial charge in [0.1, 0.15) is 11.5 Å². The van der Waals surface area contributed by atoms with Gasteiger partial charge >= 0.3 is 0 Å². The second-order valence-corrected chi connectivity index (χ2v) is 32.8. The van der Waals surface area contributed by atoms with Crippen molar-refractivity contribution in [1.29, 1.82) is 0 Å². The summed E-state index contributed by atoms with van der Waals surface area (Å²) >= 11 is 0. The molecule has 0 saturated heterocycles. The van der Waals surface area contributed by atoms with E-state index < -0.39 is 14.3 Å². The molecular weight excluding hydrogens is 1350 g/mol. The van der Waals surface area contributed by atoms with Crippen molar-refractivity contribution in [3.8, 4) is 123 Å². The van der Waals surface area contributed by atoms with Gasteiger partial charge < -0.3 is 18.8 Å². The lowest BCUT2D eigenvalue weighted by molar-refractivity contribution is 0.486. The quantitative estimate of drug-likeness (QED) is 0.0960. The minimum atomic E-state index is -3.88. The molecule has 1 heterocycles. The lowest BCUT2D eigenvalue weighted by Gasteiger charge is -2.33. The monoisotopic (exact) mass is 1420 g/mol. The second kappa shape index (κ2) is 29.0. The molecule has 17 aromatic carbocycles. The van der Waals surface area contributed by atoms with E-state index in [1.54, 1.807) is 0 Å². The van der Waals surface area contributed by atoms with Crippen LogP contribution in [-0.4, -0.2) is 0 Å². The van der Waals surface area contributed by atoms with Gasteiger partial charge in [-0.05, 0) is 186 Å². The van der Waals surface area contributed by atoms with Crippen molar-refractivity contribution in [2.24, 2.45) is 0 Å². The van der Waals surface area contributed by atoms with E-state index in [0.29, 0.717) is 54.5 Å². The minimum absolute atomic E-state index is 0.529. The predicted octanol–water partition coefficient (Wildman–Crippen LogP) is 25.2. The number of para-hydroxylation sites is 1. The first-order valence-corrected chi connectivity index (χ1v) is 40.0. The zero-order chi connectivity index (χ0) is 72.4. The molecule has 0 N–H and O–H groups in total. The molecule has 17 aromatic rings. The topological polar surface area (TPSA) is 46.6 Å². The van der Waals surface area contributed by atoms with E-state index >= 15 is 9.13 Å². The Balaban J connectivity index is 0.944. The van der Waals surface area contributed by atoms with Gasteiger partial charge in [-0.3, -0.25) is 0 Å². The van der Waals surface area contributed by atoms with Crippen LogP contribution in [-0.2, 0) is 9.13 Å². The number of anilines is 3. The van der Waals surface area contributed by atoms with Gasteiger partial charge in [-0.2, -0.15) is 0 Å². The highest BCUT2D eigenvalue weighted by Gasteiger charge is 2.36. The first-order valence-electron chi connectivity index (χ1n) is 36.6. The van der Waals surface area contributed by atoms with Crippen molar-refractivity contribution < 1.29 is 13.9 Å². The maximum atomic E-state index is 18.0. The molecule has 0 atom stereocenters. The number of hydrogen-bond acceptors (Lipinski definition) is 4. The Morgan fingerprint density at radius 1 is 0.176 bits per heavy atom. The third kappa shape index (κ3) is 12.6. The smallest absolute Gasteiger partial charge is 0.171 e. The lowest BCUT2D eigenvalue weighted by atomic mass is 9.89. The van der Waals surface area contributed by atoms with Crippen molar-refractivity contribution >= 4 is 63.2 Å². The summed E-state index contributed by atoms with van der Waals surface area (Å²) in [6, 6.07) is 149.